The van der Waals surface area contributed by atoms with Crippen LogP contribution >= 0.6 is 11.6 Å². The fourth-order valence-electron chi connectivity index (χ4n) is 3.36. The molecule has 1 heterocycles. The Hall–Kier alpha value is -4.70. The second-order valence-corrected chi connectivity index (χ2v) is 8.21. The molecular weight excluding hydrogens is 503 g/mol. The Morgan fingerprint density at radius 3 is 2.43 bits per heavy atom. The summed E-state index contributed by atoms with van der Waals surface area (Å²) in [4.78, 5) is 50.0. The zero-order valence-electron chi connectivity index (χ0n) is 19.2. The summed E-state index contributed by atoms with van der Waals surface area (Å²) in [7, 11) is 0. The minimum atomic E-state index is -0.730. The van der Waals surface area contributed by atoms with Crippen LogP contribution in [0.4, 0.5) is 20.6 Å². The highest BCUT2D eigenvalue weighted by molar-refractivity contribution is 6.32. The zero-order valence-corrected chi connectivity index (χ0v) is 19.9. The lowest BCUT2D eigenvalue weighted by atomic mass is 10.2. The first-order chi connectivity index (χ1) is 17.8. The lowest BCUT2D eigenvalue weighted by molar-refractivity contribution is -0.127. The zero-order chi connectivity index (χ0) is 26.4. The lowest BCUT2D eigenvalue weighted by Crippen LogP contribution is -2.38. The molecule has 0 spiro atoms. The minimum Gasteiger partial charge on any atom is -0.482 e. The van der Waals surface area contributed by atoms with Crippen molar-refractivity contribution in [2.24, 2.45) is 0 Å². The molecule has 5 amide bonds. The molecule has 1 aliphatic heterocycles. The van der Waals surface area contributed by atoms with Gasteiger partial charge in [0.25, 0.3) is 11.8 Å². The third kappa shape index (κ3) is 6.50. The second kappa shape index (κ2) is 11.4. The van der Waals surface area contributed by atoms with Gasteiger partial charge in [0.05, 0.1) is 10.7 Å². The van der Waals surface area contributed by atoms with Crippen LogP contribution in [0.15, 0.2) is 78.5 Å². The Morgan fingerprint density at radius 2 is 1.70 bits per heavy atom. The first kappa shape index (κ1) is 25.4. The summed E-state index contributed by atoms with van der Waals surface area (Å²) in [6.45, 7) is -0.873. The molecule has 37 heavy (non-hydrogen) atoms. The number of carbonyl (C=O) groups excluding carboxylic acids is 4. The van der Waals surface area contributed by atoms with Crippen LogP contribution in [0.3, 0.4) is 0 Å². The van der Waals surface area contributed by atoms with Crippen LogP contribution in [0.5, 0.6) is 5.75 Å². The average molecular weight is 523 g/mol. The van der Waals surface area contributed by atoms with Crippen molar-refractivity contribution in [3.63, 3.8) is 0 Å². The van der Waals surface area contributed by atoms with Crippen molar-refractivity contribution in [1.82, 2.24) is 10.2 Å². The number of amides is 5. The fourth-order valence-corrected chi connectivity index (χ4v) is 3.61. The van der Waals surface area contributed by atoms with E-state index in [9.17, 15) is 23.6 Å². The summed E-state index contributed by atoms with van der Waals surface area (Å²) in [5, 5.41) is 7.59. The van der Waals surface area contributed by atoms with Gasteiger partial charge in [-0.3, -0.25) is 14.4 Å². The summed E-state index contributed by atoms with van der Waals surface area (Å²) in [5.74, 6) is -2.17. The van der Waals surface area contributed by atoms with E-state index in [0.717, 1.165) is 4.90 Å². The van der Waals surface area contributed by atoms with Crippen molar-refractivity contribution in [3.8, 4) is 5.75 Å². The number of urea groups is 1. The number of benzene rings is 3. The number of hydrogen-bond donors (Lipinski definition) is 3. The van der Waals surface area contributed by atoms with Gasteiger partial charge >= 0.3 is 6.03 Å². The molecule has 188 valence electrons. The number of hydrogen-bond acceptors (Lipinski definition) is 5. The van der Waals surface area contributed by atoms with E-state index in [1.165, 1.54) is 36.4 Å². The van der Waals surface area contributed by atoms with Gasteiger partial charge in [-0.25, -0.2) is 14.1 Å². The number of para-hydroxylation sites is 2. The first-order valence-electron chi connectivity index (χ1n) is 11.0. The van der Waals surface area contributed by atoms with E-state index >= 15 is 0 Å². The maximum absolute atomic E-state index is 13.7. The molecular formula is C26H20ClFN4O5. The topological polar surface area (TPSA) is 117 Å². The molecule has 9 nitrogen and oxygen atoms in total. The van der Waals surface area contributed by atoms with Crippen molar-refractivity contribution >= 4 is 52.8 Å². The SMILES string of the molecule is O=C(CN1C(=O)N/C(=C\c2ccc(OCC(=O)Nc3ccccc3F)c(Cl)c2)C1=O)Nc1ccccc1. The van der Waals surface area contributed by atoms with E-state index in [-0.39, 0.29) is 22.2 Å². The Labute approximate surface area is 215 Å². The number of ether oxygens (including phenoxy) is 1. The molecule has 1 aliphatic rings. The predicted octanol–water partition coefficient (Wildman–Crippen LogP) is 4.03. The van der Waals surface area contributed by atoms with Gasteiger partial charge in [0, 0.05) is 5.69 Å². The van der Waals surface area contributed by atoms with Crippen LogP contribution < -0.4 is 20.7 Å². The van der Waals surface area contributed by atoms with Crippen molar-refractivity contribution in [1.29, 1.82) is 0 Å². The van der Waals surface area contributed by atoms with Gasteiger partial charge in [-0.2, -0.15) is 0 Å². The molecule has 0 bridgehead atoms. The highest BCUT2D eigenvalue weighted by atomic mass is 35.5. The standard InChI is InChI=1S/C26H20ClFN4O5/c27-18-12-16(10-11-22(18)37-15-24(34)30-20-9-5-4-8-19(20)28)13-21-25(35)32(26(36)31-21)14-23(33)29-17-6-2-1-3-7-17/h1-13H,14-15H2,(H,29,33)(H,30,34)(H,31,36)/b21-13-. The molecule has 1 saturated heterocycles. The monoisotopic (exact) mass is 522 g/mol. The number of imide groups is 1. The van der Waals surface area contributed by atoms with Crippen LogP contribution in [0.25, 0.3) is 6.08 Å². The van der Waals surface area contributed by atoms with Gasteiger partial charge in [-0.1, -0.05) is 48.0 Å². The Balaban J connectivity index is 1.35. The molecule has 3 aromatic carbocycles. The summed E-state index contributed by atoms with van der Waals surface area (Å²) >= 11 is 6.24. The van der Waals surface area contributed by atoms with Crippen molar-refractivity contribution < 1.29 is 28.3 Å². The third-order valence-electron chi connectivity index (χ3n) is 5.10. The Kier molecular flexibility index (Phi) is 7.80. The van der Waals surface area contributed by atoms with Gasteiger partial charge in [0.1, 0.15) is 23.8 Å². The lowest BCUT2D eigenvalue weighted by Gasteiger charge is -2.11. The maximum atomic E-state index is 13.7. The normalized spacial score (nSPS) is 13.9. The van der Waals surface area contributed by atoms with E-state index in [1.807, 2.05) is 0 Å². The van der Waals surface area contributed by atoms with Crippen LogP contribution in [0, 0.1) is 5.82 Å². The molecule has 0 atom stereocenters. The van der Waals surface area contributed by atoms with Gasteiger partial charge in [0.2, 0.25) is 5.91 Å². The summed E-state index contributed by atoms with van der Waals surface area (Å²) < 4.78 is 19.1. The van der Waals surface area contributed by atoms with Crippen LogP contribution in [0.1, 0.15) is 5.56 Å². The molecule has 3 aromatic rings. The number of halogens is 2. The average Bonchev–Trinajstić information content (AvgIpc) is 3.12. The Morgan fingerprint density at radius 1 is 0.973 bits per heavy atom. The number of nitrogens with zero attached hydrogens (tertiary/aromatic N) is 1. The summed E-state index contributed by atoms with van der Waals surface area (Å²) in [5.41, 5.74) is 0.995. The highest BCUT2D eigenvalue weighted by Crippen LogP contribution is 2.27. The van der Waals surface area contributed by atoms with Gasteiger partial charge in [-0.05, 0) is 48.0 Å². The molecule has 1 fully saturated rings. The van der Waals surface area contributed by atoms with Crippen LogP contribution in [-0.2, 0) is 14.4 Å². The molecule has 0 unspecified atom stereocenters. The number of rotatable bonds is 8. The minimum absolute atomic E-state index is 0.0269. The van der Waals surface area contributed by atoms with E-state index in [4.69, 9.17) is 16.3 Å². The summed E-state index contributed by atoms with van der Waals surface area (Å²) in [6.07, 6.45) is 1.40. The molecule has 0 aliphatic carbocycles. The fraction of sp³-hybridized carbons (Fsp3) is 0.0769. The summed E-state index contributed by atoms with van der Waals surface area (Å²) in [6, 6.07) is 18.2. The highest BCUT2D eigenvalue weighted by Gasteiger charge is 2.35. The van der Waals surface area contributed by atoms with Gasteiger partial charge in [-0.15, -0.1) is 0 Å². The van der Waals surface area contributed by atoms with Crippen LogP contribution in [-0.4, -0.2) is 41.8 Å². The van der Waals surface area contributed by atoms with E-state index in [2.05, 4.69) is 16.0 Å². The molecule has 0 radical (unpaired) electrons. The van der Waals surface area contributed by atoms with E-state index in [1.54, 1.807) is 42.5 Å². The number of anilines is 2. The van der Waals surface area contributed by atoms with E-state index < -0.39 is 42.7 Å². The van der Waals surface area contributed by atoms with Gasteiger partial charge in [0.15, 0.2) is 6.61 Å². The molecule has 3 N–H and O–H groups in total. The van der Waals surface area contributed by atoms with Crippen molar-refractivity contribution in [2.75, 3.05) is 23.8 Å². The smallest absolute Gasteiger partial charge is 0.329 e. The Bertz CT molecular complexity index is 1400. The van der Waals surface area contributed by atoms with E-state index in [0.29, 0.717) is 11.3 Å². The first-order valence-corrected chi connectivity index (χ1v) is 11.3. The second-order valence-electron chi connectivity index (χ2n) is 7.80. The number of nitrogens with one attached hydrogen (secondary N) is 3. The quantitative estimate of drug-likeness (QED) is 0.305. The third-order valence-corrected chi connectivity index (χ3v) is 5.39. The molecule has 11 heteroatoms. The predicted molar refractivity (Wildman–Crippen MR) is 135 cm³/mol. The van der Waals surface area contributed by atoms with Crippen molar-refractivity contribution in [2.45, 2.75) is 0 Å². The van der Waals surface area contributed by atoms with Crippen molar-refractivity contribution in [3.05, 3.63) is 94.9 Å². The largest absolute Gasteiger partial charge is 0.482 e. The van der Waals surface area contributed by atoms with Gasteiger partial charge < -0.3 is 20.7 Å². The number of carbonyl (C=O) groups is 4. The van der Waals surface area contributed by atoms with Crippen LogP contribution in [0.2, 0.25) is 5.02 Å². The molecule has 0 aromatic heterocycles. The molecule has 0 saturated carbocycles. The maximum Gasteiger partial charge on any atom is 0.329 e. The molecule has 4 rings (SSSR count).